The maximum Gasteiger partial charge on any atom is 0.416 e. The van der Waals surface area contributed by atoms with Gasteiger partial charge in [0.2, 0.25) is 0 Å². The number of carboxylic acids is 1. The Labute approximate surface area is 225 Å². The minimum Gasteiger partial charge on any atom is -0.507 e. The largest absolute Gasteiger partial charge is 0.507 e. The molecule has 0 radical (unpaired) electrons. The number of nitrogens with one attached hydrogen (secondary N) is 1. The quantitative estimate of drug-likeness (QED) is 0.206. The van der Waals surface area contributed by atoms with Gasteiger partial charge in [-0.15, -0.1) is 0 Å². The number of carbonyl (C=O) groups is 2. The highest BCUT2D eigenvalue weighted by atomic mass is 35.5. The number of halogens is 5. The molecule has 0 aromatic heterocycles. The minimum atomic E-state index is -4.45. The third-order valence-electron chi connectivity index (χ3n) is 6.04. The van der Waals surface area contributed by atoms with Gasteiger partial charge < -0.3 is 15.5 Å². The molecule has 0 aliphatic heterocycles. The van der Waals surface area contributed by atoms with E-state index in [4.69, 9.17) is 11.6 Å². The van der Waals surface area contributed by atoms with Gasteiger partial charge in [0.1, 0.15) is 11.6 Å². The zero-order valence-electron chi connectivity index (χ0n) is 20.0. The van der Waals surface area contributed by atoms with Crippen molar-refractivity contribution >= 4 is 23.5 Å². The summed E-state index contributed by atoms with van der Waals surface area (Å²) in [4.78, 5) is 24.6. The van der Waals surface area contributed by atoms with Crippen LogP contribution < -0.4 is 5.32 Å². The van der Waals surface area contributed by atoms with E-state index in [-0.39, 0.29) is 16.3 Å². The van der Waals surface area contributed by atoms with E-state index in [1.165, 1.54) is 48.5 Å². The molecule has 5 nitrogen and oxygen atoms in total. The third kappa shape index (κ3) is 6.56. The predicted octanol–water partition coefficient (Wildman–Crippen LogP) is 7.48. The van der Waals surface area contributed by atoms with E-state index < -0.39 is 41.9 Å². The summed E-state index contributed by atoms with van der Waals surface area (Å²) < 4.78 is 52.1. The van der Waals surface area contributed by atoms with Crippen molar-refractivity contribution in [3.05, 3.63) is 112 Å². The molecule has 200 valence electrons. The highest BCUT2D eigenvalue weighted by molar-refractivity contribution is 6.31. The van der Waals surface area contributed by atoms with E-state index in [9.17, 15) is 37.4 Å². The van der Waals surface area contributed by atoms with E-state index in [1.54, 1.807) is 24.3 Å². The fourth-order valence-corrected chi connectivity index (χ4v) is 4.18. The first-order valence-corrected chi connectivity index (χ1v) is 11.9. The fraction of sp³-hybridized carbons (Fsp3) is 0.103. The molecule has 0 fully saturated rings. The highest BCUT2D eigenvalue weighted by Crippen LogP contribution is 2.32. The van der Waals surface area contributed by atoms with Crippen LogP contribution in [0.15, 0.2) is 84.9 Å². The Kier molecular flexibility index (Phi) is 7.92. The minimum absolute atomic E-state index is 0.118. The van der Waals surface area contributed by atoms with E-state index in [2.05, 4.69) is 5.32 Å². The first-order chi connectivity index (χ1) is 18.4. The van der Waals surface area contributed by atoms with Gasteiger partial charge in [-0.1, -0.05) is 60.1 Å². The number of hydrogen-bond acceptors (Lipinski definition) is 3. The topological polar surface area (TPSA) is 86.6 Å². The number of aromatic hydroxyl groups is 1. The Morgan fingerprint density at radius 2 is 1.36 bits per heavy atom. The van der Waals surface area contributed by atoms with Crippen molar-refractivity contribution in [3.63, 3.8) is 0 Å². The molecule has 1 amide bonds. The van der Waals surface area contributed by atoms with Gasteiger partial charge >= 0.3 is 12.1 Å². The zero-order chi connectivity index (χ0) is 28.3. The molecule has 1 unspecified atom stereocenters. The molecule has 1 atom stereocenters. The maximum absolute atomic E-state index is 13.6. The van der Waals surface area contributed by atoms with Crippen molar-refractivity contribution in [2.75, 3.05) is 0 Å². The lowest BCUT2D eigenvalue weighted by molar-refractivity contribution is -0.138. The number of alkyl halides is 3. The van der Waals surface area contributed by atoms with Crippen LogP contribution in [0.25, 0.3) is 22.3 Å². The van der Waals surface area contributed by atoms with Gasteiger partial charge in [0.25, 0.3) is 5.91 Å². The predicted molar refractivity (Wildman–Crippen MR) is 138 cm³/mol. The molecular weight excluding hydrogens is 538 g/mol. The van der Waals surface area contributed by atoms with Crippen molar-refractivity contribution in [2.24, 2.45) is 0 Å². The Hall–Kier alpha value is -4.37. The van der Waals surface area contributed by atoms with Crippen LogP contribution in [0.4, 0.5) is 17.6 Å². The first-order valence-electron chi connectivity index (χ1n) is 11.5. The van der Waals surface area contributed by atoms with E-state index in [0.717, 1.165) is 12.1 Å². The third-order valence-corrected chi connectivity index (χ3v) is 6.33. The molecule has 3 N–H and O–H groups in total. The number of amides is 1. The molecule has 4 aromatic rings. The van der Waals surface area contributed by atoms with Crippen LogP contribution in [-0.2, 0) is 11.0 Å². The van der Waals surface area contributed by atoms with Crippen LogP contribution >= 0.6 is 11.6 Å². The van der Waals surface area contributed by atoms with Gasteiger partial charge in [-0.25, -0.2) is 4.39 Å². The van der Waals surface area contributed by atoms with Crippen molar-refractivity contribution in [2.45, 2.75) is 18.6 Å². The standard InChI is InChI=1S/C29H20ClF4NO4/c30-23-14-20(7-11-24(23)31)19-8-12-26(36)22(13-19)28(39)35-25(15-27(37)38)18-3-1-16(2-4-18)17-5-9-21(10-6-17)29(32,33)34/h1-14,25,36H,15H2,(H,35,39)(H,37,38). The molecule has 4 rings (SSSR count). The van der Waals surface area contributed by atoms with Crippen LogP contribution in [0.5, 0.6) is 5.75 Å². The van der Waals surface area contributed by atoms with E-state index in [1.807, 2.05) is 0 Å². The van der Waals surface area contributed by atoms with Crippen LogP contribution in [-0.4, -0.2) is 22.1 Å². The summed E-state index contributed by atoms with van der Waals surface area (Å²) in [6, 6.07) is 18.1. The summed E-state index contributed by atoms with van der Waals surface area (Å²) in [6.45, 7) is 0. The number of phenols is 1. The van der Waals surface area contributed by atoms with E-state index in [0.29, 0.717) is 27.8 Å². The van der Waals surface area contributed by atoms with Gasteiger partial charge in [-0.05, 0) is 64.2 Å². The number of carboxylic acid groups (broad SMARTS) is 1. The zero-order valence-corrected chi connectivity index (χ0v) is 20.7. The highest BCUT2D eigenvalue weighted by Gasteiger charge is 2.30. The number of phenolic OH excluding ortho intramolecular Hbond substituents is 1. The van der Waals surface area contributed by atoms with Crippen molar-refractivity contribution in [1.82, 2.24) is 5.32 Å². The molecular formula is C29H20ClF4NO4. The number of carbonyl (C=O) groups excluding carboxylic acids is 1. The van der Waals surface area contributed by atoms with Crippen LogP contribution in [0.1, 0.15) is 33.9 Å². The lowest BCUT2D eigenvalue weighted by atomic mass is 9.97. The molecule has 0 heterocycles. The maximum atomic E-state index is 13.6. The second kappa shape index (κ2) is 11.2. The van der Waals surface area contributed by atoms with Gasteiger partial charge in [0, 0.05) is 0 Å². The second-order valence-corrected chi connectivity index (χ2v) is 9.09. The molecule has 0 aliphatic rings. The van der Waals surface area contributed by atoms with Gasteiger partial charge in [-0.3, -0.25) is 9.59 Å². The van der Waals surface area contributed by atoms with Crippen LogP contribution in [0.2, 0.25) is 5.02 Å². The lowest BCUT2D eigenvalue weighted by Gasteiger charge is -2.19. The fourth-order valence-electron chi connectivity index (χ4n) is 4.00. The first kappa shape index (κ1) is 27.7. The second-order valence-electron chi connectivity index (χ2n) is 8.68. The molecule has 0 saturated carbocycles. The Bertz CT molecular complexity index is 1520. The molecule has 0 bridgehead atoms. The molecule has 4 aromatic carbocycles. The number of hydrogen-bond donors (Lipinski definition) is 3. The molecule has 10 heteroatoms. The van der Waals surface area contributed by atoms with Gasteiger partial charge in [0.15, 0.2) is 0 Å². The van der Waals surface area contributed by atoms with Gasteiger partial charge in [-0.2, -0.15) is 13.2 Å². The van der Waals surface area contributed by atoms with Gasteiger partial charge in [0.05, 0.1) is 28.6 Å². The summed E-state index contributed by atoms with van der Waals surface area (Å²) in [5.41, 5.74) is 1.60. The summed E-state index contributed by atoms with van der Waals surface area (Å²) in [6.07, 6.45) is -4.93. The Balaban J connectivity index is 1.58. The normalized spacial score (nSPS) is 12.1. The summed E-state index contributed by atoms with van der Waals surface area (Å²) >= 11 is 5.85. The molecule has 39 heavy (non-hydrogen) atoms. The average molecular weight is 558 g/mol. The van der Waals surface area contributed by atoms with Crippen molar-refractivity contribution in [3.8, 4) is 28.0 Å². The monoisotopic (exact) mass is 557 g/mol. The molecule has 0 aliphatic carbocycles. The summed E-state index contributed by atoms with van der Waals surface area (Å²) in [5, 5.41) is 22.2. The number of aliphatic carboxylic acids is 1. The Morgan fingerprint density at radius 3 is 1.92 bits per heavy atom. The van der Waals surface area contributed by atoms with E-state index >= 15 is 0 Å². The summed E-state index contributed by atoms with van der Waals surface area (Å²) in [5.74, 6) is -2.90. The SMILES string of the molecule is O=C(O)CC(NC(=O)c1cc(-c2ccc(F)c(Cl)c2)ccc1O)c1ccc(-c2ccc(C(F)(F)F)cc2)cc1. The average Bonchev–Trinajstić information content (AvgIpc) is 2.89. The van der Waals surface area contributed by atoms with Crippen molar-refractivity contribution in [1.29, 1.82) is 0 Å². The number of rotatable bonds is 7. The van der Waals surface area contributed by atoms with Crippen LogP contribution in [0.3, 0.4) is 0 Å². The Morgan fingerprint density at radius 1 is 0.821 bits per heavy atom. The molecule has 0 saturated heterocycles. The van der Waals surface area contributed by atoms with Crippen LogP contribution in [0, 0.1) is 5.82 Å². The number of benzene rings is 4. The van der Waals surface area contributed by atoms with Crippen molar-refractivity contribution < 1.29 is 37.4 Å². The summed E-state index contributed by atoms with van der Waals surface area (Å²) in [7, 11) is 0. The smallest absolute Gasteiger partial charge is 0.416 e. The molecule has 0 spiro atoms. The lowest BCUT2D eigenvalue weighted by Crippen LogP contribution is -2.30.